The molecule has 3 aromatic rings. The topological polar surface area (TPSA) is 59.0 Å². The van der Waals surface area contributed by atoms with Crippen LogP contribution in [0, 0.1) is 13.8 Å². The van der Waals surface area contributed by atoms with Crippen LogP contribution in [0.4, 0.5) is 5.82 Å². The number of aryl methyl sites for hydroxylation is 2. The molecule has 0 saturated carbocycles. The standard InChI is InChI=1S/C22H24N4O/c1-15-4-3-5-17(10-15)13-26-14-21(24-16(26)2)25-22(27)19-6-7-20-12-23-9-8-18(20)11-19/h3-7,10-11,14,23H,8-9,12-13H2,1-2H3,(H,25,27). The summed E-state index contributed by atoms with van der Waals surface area (Å²) in [6.45, 7) is 6.62. The molecule has 0 spiro atoms. The molecule has 5 heteroatoms. The van der Waals surface area contributed by atoms with Crippen LogP contribution in [0.3, 0.4) is 0 Å². The number of nitrogens with one attached hydrogen (secondary N) is 2. The molecule has 0 unspecified atom stereocenters. The maximum absolute atomic E-state index is 12.6. The van der Waals surface area contributed by atoms with Crippen LogP contribution in [0.2, 0.25) is 0 Å². The minimum absolute atomic E-state index is 0.114. The van der Waals surface area contributed by atoms with Gasteiger partial charge in [-0.05, 0) is 55.6 Å². The summed E-state index contributed by atoms with van der Waals surface area (Å²) in [4.78, 5) is 17.2. The molecule has 1 aliphatic heterocycles. The van der Waals surface area contributed by atoms with Crippen LogP contribution in [0.25, 0.3) is 0 Å². The number of fused-ring (bicyclic) bond motifs is 1. The maximum atomic E-state index is 12.6. The van der Waals surface area contributed by atoms with Crippen molar-refractivity contribution < 1.29 is 4.79 Å². The summed E-state index contributed by atoms with van der Waals surface area (Å²) < 4.78 is 2.06. The molecule has 2 heterocycles. The third-order valence-corrected chi connectivity index (χ3v) is 5.01. The van der Waals surface area contributed by atoms with Crippen molar-refractivity contribution in [1.29, 1.82) is 0 Å². The van der Waals surface area contributed by atoms with Crippen molar-refractivity contribution in [2.75, 3.05) is 11.9 Å². The van der Waals surface area contributed by atoms with E-state index in [2.05, 4.69) is 51.4 Å². The molecule has 1 amide bonds. The number of carbonyl (C=O) groups is 1. The lowest BCUT2D eigenvalue weighted by Crippen LogP contribution is -2.24. The molecule has 2 aromatic carbocycles. The van der Waals surface area contributed by atoms with E-state index < -0.39 is 0 Å². The van der Waals surface area contributed by atoms with Gasteiger partial charge in [-0.2, -0.15) is 0 Å². The minimum atomic E-state index is -0.114. The predicted molar refractivity (Wildman–Crippen MR) is 107 cm³/mol. The van der Waals surface area contributed by atoms with Gasteiger partial charge in [0.1, 0.15) is 5.82 Å². The van der Waals surface area contributed by atoms with Gasteiger partial charge in [0.15, 0.2) is 5.82 Å². The normalized spacial score (nSPS) is 13.3. The Bertz CT molecular complexity index is 990. The van der Waals surface area contributed by atoms with Gasteiger partial charge in [-0.25, -0.2) is 4.98 Å². The third kappa shape index (κ3) is 3.93. The van der Waals surface area contributed by atoms with E-state index in [-0.39, 0.29) is 5.91 Å². The lowest BCUT2D eigenvalue weighted by Gasteiger charge is -2.17. The van der Waals surface area contributed by atoms with Crippen LogP contribution in [-0.2, 0) is 19.5 Å². The summed E-state index contributed by atoms with van der Waals surface area (Å²) in [6, 6.07) is 14.3. The summed E-state index contributed by atoms with van der Waals surface area (Å²) in [5.41, 5.74) is 5.67. The Kier molecular flexibility index (Phi) is 4.77. The molecule has 27 heavy (non-hydrogen) atoms. The number of carbonyl (C=O) groups excluding carboxylic acids is 1. The zero-order chi connectivity index (χ0) is 18.8. The molecule has 0 saturated heterocycles. The van der Waals surface area contributed by atoms with E-state index in [0.29, 0.717) is 11.4 Å². The third-order valence-electron chi connectivity index (χ3n) is 5.01. The van der Waals surface area contributed by atoms with Gasteiger partial charge in [0.05, 0.1) is 0 Å². The lowest BCUT2D eigenvalue weighted by atomic mass is 9.98. The van der Waals surface area contributed by atoms with Crippen LogP contribution in [0.5, 0.6) is 0 Å². The number of hydrogen-bond donors (Lipinski definition) is 2. The van der Waals surface area contributed by atoms with E-state index in [1.807, 2.05) is 31.3 Å². The average Bonchev–Trinajstić information content (AvgIpc) is 3.00. The van der Waals surface area contributed by atoms with Crippen molar-refractivity contribution in [3.8, 4) is 0 Å². The fourth-order valence-electron chi connectivity index (χ4n) is 3.54. The number of anilines is 1. The zero-order valence-electron chi connectivity index (χ0n) is 15.7. The van der Waals surface area contributed by atoms with E-state index in [1.165, 1.54) is 22.3 Å². The molecule has 0 fully saturated rings. The smallest absolute Gasteiger partial charge is 0.256 e. The Morgan fingerprint density at radius 3 is 2.93 bits per heavy atom. The highest BCUT2D eigenvalue weighted by Crippen LogP contribution is 2.18. The molecular formula is C22H24N4O. The Hall–Kier alpha value is -2.92. The van der Waals surface area contributed by atoms with Gasteiger partial charge >= 0.3 is 0 Å². The number of rotatable bonds is 4. The van der Waals surface area contributed by atoms with Crippen molar-refractivity contribution in [3.05, 3.63) is 82.3 Å². The number of imidazole rings is 1. The predicted octanol–water partition coefficient (Wildman–Crippen LogP) is 3.45. The molecule has 0 atom stereocenters. The van der Waals surface area contributed by atoms with Gasteiger partial charge in [0.25, 0.3) is 5.91 Å². The van der Waals surface area contributed by atoms with Crippen molar-refractivity contribution in [2.45, 2.75) is 33.4 Å². The molecule has 0 radical (unpaired) electrons. The van der Waals surface area contributed by atoms with Crippen molar-refractivity contribution in [3.63, 3.8) is 0 Å². The van der Waals surface area contributed by atoms with Gasteiger partial charge in [-0.1, -0.05) is 35.9 Å². The number of amides is 1. The number of nitrogens with zero attached hydrogens (tertiary/aromatic N) is 2. The number of benzene rings is 2. The fourth-order valence-corrected chi connectivity index (χ4v) is 3.54. The Morgan fingerprint density at radius 2 is 2.07 bits per heavy atom. The van der Waals surface area contributed by atoms with Crippen LogP contribution >= 0.6 is 0 Å². The number of aromatic nitrogens is 2. The quantitative estimate of drug-likeness (QED) is 0.749. The van der Waals surface area contributed by atoms with E-state index in [0.717, 1.165) is 31.9 Å². The second kappa shape index (κ2) is 7.37. The molecule has 5 nitrogen and oxygen atoms in total. The lowest BCUT2D eigenvalue weighted by molar-refractivity contribution is 0.102. The van der Waals surface area contributed by atoms with E-state index in [9.17, 15) is 4.79 Å². The first kappa shape index (κ1) is 17.5. The second-order valence-corrected chi connectivity index (χ2v) is 7.15. The molecule has 1 aromatic heterocycles. The van der Waals surface area contributed by atoms with Crippen LogP contribution in [0.1, 0.15) is 38.4 Å². The number of hydrogen-bond acceptors (Lipinski definition) is 3. The molecule has 0 bridgehead atoms. The van der Waals surface area contributed by atoms with Crippen LogP contribution in [0.15, 0.2) is 48.7 Å². The summed E-state index contributed by atoms with van der Waals surface area (Å²) in [7, 11) is 0. The minimum Gasteiger partial charge on any atom is -0.328 e. The molecule has 2 N–H and O–H groups in total. The summed E-state index contributed by atoms with van der Waals surface area (Å²) in [6.07, 6.45) is 2.86. The SMILES string of the molecule is Cc1cccc(Cn2cc(NC(=O)c3ccc4c(c3)CCNC4)nc2C)c1. The van der Waals surface area contributed by atoms with E-state index in [4.69, 9.17) is 0 Å². The zero-order valence-corrected chi connectivity index (χ0v) is 15.7. The summed E-state index contributed by atoms with van der Waals surface area (Å²) in [5.74, 6) is 1.35. The molecule has 1 aliphatic rings. The van der Waals surface area contributed by atoms with E-state index >= 15 is 0 Å². The highest BCUT2D eigenvalue weighted by atomic mass is 16.1. The van der Waals surface area contributed by atoms with Crippen LogP contribution in [-0.4, -0.2) is 22.0 Å². The van der Waals surface area contributed by atoms with Gasteiger partial charge in [0.2, 0.25) is 0 Å². The highest BCUT2D eigenvalue weighted by molar-refractivity contribution is 6.03. The van der Waals surface area contributed by atoms with Crippen molar-refractivity contribution in [2.24, 2.45) is 0 Å². The fraction of sp³-hybridized carbons (Fsp3) is 0.273. The first-order valence-electron chi connectivity index (χ1n) is 9.32. The molecule has 138 valence electrons. The molecule has 0 aliphatic carbocycles. The van der Waals surface area contributed by atoms with Gasteiger partial charge in [-0.3, -0.25) is 4.79 Å². The van der Waals surface area contributed by atoms with E-state index in [1.54, 1.807) is 0 Å². The molecular weight excluding hydrogens is 336 g/mol. The Balaban J connectivity index is 1.49. The van der Waals surface area contributed by atoms with Crippen LogP contribution < -0.4 is 10.6 Å². The largest absolute Gasteiger partial charge is 0.328 e. The maximum Gasteiger partial charge on any atom is 0.256 e. The van der Waals surface area contributed by atoms with Gasteiger partial charge in [0, 0.05) is 24.8 Å². The Morgan fingerprint density at radius 1 is 1.19 bits per heavy atom. The Labute approximate surface area is 159 Å². The average molecular weight is 360 g/mol. The first-order valence-corrected chi connectivity index (χ1v) is 9.32. The second-order valence-electron chi connectivity index (χ2n) is 7.15. The monoisotopic (exact) mass is 360 g/mol. The first-order chi connectivity index (χ1) is 13.1. The summed E-state index contributed by atoms with van der Waals surface area (Å²) in [5, 5.41) is 6.29. The highest BCUT2D eigenvalue weighted by Gasteiger charge is 2.14. The van der Waals surface area contributed by atoms with Crippen molar-refractivity contribution in [1.82, 2.24) is 14.9 Å². The summed E-state index contributed by atoms with van der Waals surface area (Å²) >= 11 is 0. The van der Waals surface area contributed by atoms with Crippen molar-refractivity contribution >= 4 is 11.7 Å². The molecule has 4 rings (SSSR count). The van der Waals surface area contributed by atoms with Gasteiger partial charge in [-0.15, -0.1) is 0 Å². The van der Waals surface area contributed by atoms with Gasteiger partial charge < -0.3 is 15.2 Å².